The number of aromatic nitrogens is 4. The van der Waals surface area contributed by atoms with Crippen molar-refractivity contribution >= 4 is 23.2 Å². The van der Waals surface area contributed by atoms with Crippen LogP contribution in [-0.4, -0.2) is 25.5 Å². The maximum Gasteiger partial charge on any atom is 0.276 e. The molecule has 3 rings (SSSR count). The molecule has 2 heterocycles. The number of carbonyl (C=O) groups is 1. The fourth-order valence-electron chi connectivity index (χ4n) is 2.02. The first kappa shape index (κ1) is 14.3. The van der Waals surface area contributed by atoms with Crippen LogP contribution in [0.2, 0.25) is 5.02 Å². The minimum absolute atomic E-state index is 0.274. The Morgan fingerprint density at radius 2 is 2.09 bits per heavy atom. The maximum absolute atomic E-state index is 12.2. The van der Waals surface area contributed by atoms with Gasteiger partial charge in [0.2, 0.25) is 0 Å². The molecular weight excluding hydrogens is 302 g/mol. The van der Waals surface area contributed by atoms with Gasteiger partial charge in [-0.3, -0.25) is 14.2 Å². The summed E-state index contributed by atoms with van der Waals surface area (Å²) in [5.74, 6) is -0.274. The first-order valence-corrected chi connectivity index (χ1v) is 7.08. The first-order valence-electron chi connectivity index (χ1n) is 6.71. The third-order valence-electron chi connectivity index (χ3n) is 3.24. The van der Waals surface area contributed by atoms with Crippen LogP contribution in [0.3, 0.4) is 0 Å². The van der Waals surface area contributed by atoms with Crippen LogP contribution >= 0.6 is 11.6 Å². The molecule has 0 spiro atoms. The number of hydrogen-bond donors (Lipinski definition) is 1. The van der Waals surface area contributed by atoms with Gasteiger partial charge in [-0.15, -0.1) is 0 Å². The maximum atomic E-state index is 12.2. The predicted octanol–water partition coefficient (Wildman–Crippen LogP) is 2.80. The highest BCUT2D eigenvalue weighted by Crippen LogP contribution is 2.23. The van der Waals surface area contributed by atoms with E-state index in [0.717, 1.165) is 5.56 Å². The van der Waals surface area contributed by atoms with Crippen molar-refractivity contribution in [2.45, 2.75) is 13.6 Å². The third kappa shape index (κ3) is 3.01. The molecular formula is C15H14ClN5O. The van der Waals surface area contributed by atoms with Crippen LogP contribution in [0.5, 0.6) is 0 Å². The summed E-state index contributed by atoms with van der Waals surface area (Å²) in [4.78, 5) is 12.2. The summed E-state index contributed by atoms with van der Waals surface area (Å²) in [5, 5.41) is 11.8. The third-order valence-corrected chi connectivity index (χ3v) is 3.65. The molecule has 0 unspecified atom stereocenters. The summed E-state index contributed by atoms with van der Waals surface area (Å²) in [5.41, 5.74) is 1.85. The van der Waals surface area contributed by atoms with E-state index in [0.29, 0.717) is 23.1 Å². The molecule has 0 radical (unpaired) electrons. The highest BCUT2D eigenvalue weighted by Gasteiger charge is 2.12. The molecule has 0 fully saturated rings. The average molecular weight is 316 g/mol. The van der Waals surface area contributed by atoms with E-state index < -0.39 is 0 Å². The highest BCUT2D eigenvalue weighted by molar-refractivity contribution is 6.31. The molecule has 0 saturated carbocycles. The van der Waals surface area contributed by atoms with Gasteiger partial charge in [0.1, 0.15) is 6.67 Å². The van der Waals surface area contributed by atoms with Crippen molar-refractivity contribution in [2.75, 3.05) is 5.32 Å². The van der Waals surface area contributed by atoms with E-state index in [-0.39, 0.29) is 5.91 Å². The van der Waals surface area contributed by atoms with Gasteiger partial charge in [0.25, 0.3) is 5.91 Å². The lowest BCUT2D eigenvalue weighted by Crippen LogP contribution is -2.15. The molecule has 7 heteroatoms. The molecule has 0 aliphatic rings. The molecule has 0 bridgehead atoms. The Labute approximate surface area is 132 Å². The van der Waals surface area contributed by atoms with E-state index in [9.17, 15) is 4.79 Å². The number of rotatable bonds is 4. The second-order valence-electron chi connectivity index (χ2n) is 4.79. The Bertz CT molecular complexity index is 794. The summed E-state index contributed by atoms with van der Waals surface area (Å²) in [6.07, 6.45) is 5.26. The Hall–Kier alpha value is -2.60. The number of carbonyl (C=O) groups excluding carboxylic acids is 1. The van der Waals surface area contributed by atoms with Crippen LogP contribution in [0.15, 0.2) is 48.9 Å². The molecule has 6 nitrogen and oxygen atoms in total. The second-order valence-corrected chi connectivity index (χ2v) is 5.20. The van der Waals surface area contributed by atoms with Crippen molar-refractivity contribution in [1.29, 1.82) is 0 Å². The number of benzene rings is 1. The highest BCUT2D eigenvalue weighted by atomic mass is 35.5. The van der Waals surface area contributed by atoms with Crippen LogP contribution in [-0.2, 0) is 6.67 Å². The van der Waals surface area contributed by atoms with Gasteiger partial charge < -0.3 is 5.32 Å². The first-order chi connectivity index (χ1) is 10.6. The molecule has 2 aromatic heterocycles. The Balaban J connectivity index is 1.73. The Morgan fingerprint density at radius 3 is 2.86 bits per heavy atom. The van der Waals surface area contributed by atoms with E-state index in [1.54, 1.807) is 46.0 Å². The van der Waals surface area contributed by atoms with E-state index >= 15 is 0 Å². The smallest absolute Gasteiger partial charge is 0.276 e. The summed E-state index contributed by atoms with van der Waals surface area (Å²) >= 11 is 6.05. The molecule has 0 aliphatic carbocycles. The van der Waals surface area contributed by atoms with Crippen molar-refractivity contribution < 1.29 is 4.79 Å². The average Bonchev–Trinajstić information content (AvgIpc) is 3.16. The van der Waals surface area contributed by atoms with Crippen LogP contribution in [0.1, 0.15) is 16.1 Å². The number of amides is 1. The largest absolute Gasteiger partial charge is 0.320 e. The van der Waals surface area contributed by atoms with Gasteiger partial charge in [-0.25, -0.2) is 0 Å². The molecule has 1 amide bonds. The van der Waals surface area contributed by atoms with E-state index in [4.69, 9.17) is 11.6 Å². The molecule has 3 aromatic rings. The molecule has 1 N–H and O–H groups in total. The summed E-state index contributed by atoms with van der Waals surface area (Å²) in [7, 11) is 0. The molecule has 22 heavy (non-hydrogen) atoms. The van der Waals surface area contributed by atoms with Gasteiger partial charge in [-0.2, -0.15) is 10.2 Å². The van der Waals surface area contributed by atoms with Gasteiger partial charge in [0, 0.05) is 29.3 Å². The number of nitrogens with one attached hydrogen (secondary N) is 1. The molecule has 0 aliphatic heterocycles. The number of hydrogen-bond acceptors (Lipinski definition) is 3. The lowest BCUT2D eigenvalue weighted by molar-refractivity contribution is 0.102. The zero-order chi connectivity index (χ0) is 15.5. The standard InChI is InChI=1S/C15H14ClN5O/c1-11-12(16)4-2-5-13(11)18-15(22)14-6-9-21(19-14)10-20-8-3-7-17-20/h2-9H,10H2,1H3,(H,18,22). The molecule has 0 saturated heterocycles. The minimum atomic E-state index is -0.274. The van der Waals surface area contributed by atoms with Gasteiger partial charge >= 0.3 is 0 Å². The van der Waals surface area contributed by atoms with Gasteiger partial charge in [-0.1, -0.05) is 17.7 Å². The van der Waals surface area contributed by atoms with Crippen molar-refractivity contribution in [3.63, 3.8) is 0 Å². The molecule has 112 valence electrons. The van der Waals surface area contributed by atoms with Gasteiger partial charge in [-0.05, 0) is 36.8 Å². The molecule has 0 atom stereocenters. The summed E-state index contributed by atoms with van der Waals surface area (Å²) in [6.45, 7) is 2.31. The number of halogens is 1. The number of nitrogens with zero attached hydrogens (tertiary/aromatic N) is 4. The van der Waals surface area contributed by atoms with Crippen molar-refractivity contribution in [3.8, 4) is 0 Å². The summed E-state index contributed by atoms with van der Waals surface area (Å²) in [6, 6.07) is 8.88. The van der Waals surface area contributed by atoms with Crippen LogP contribution in [0, 0.1) is 6.92 Å². The van der Waals surface area contributed by atoms with Gasteiger partial charge in [0.05, 0.1) is 0 Å². The minimum Gasteiger partial charge on any atom is -0.320 e. The fraction of sp³-hybridized carbons (Fsp3) is 0.133. The van der Waals surface area contributed by atoms with Crippen LogP contribution in [0.4, 0.5) is 5.69 Å². The van der Waals surface area contributed by atoms with E-state index in [1.165, 1.54) is 0 Å². The Morgan fingerprint density at radius 1 is 1.23 bits per heavy atom. The fourth-order valence-corrected chi connectivity index (χ4v) is 2.20. The van der Waals surface area contributed by atoms with Crippen molar-refractivity contribution in [3.05, 3.63) is 65.2 Å². The zero-order valence-corrected chi connectivity index (χ0v) is 12.7. The van der Waals surface area contributed by atoms with Crippen LogP contribution in [0.25, 0.3) is 0 Å². The Kier molecular flexibility index (Phi) is 3.93. The zero-order valence-electron chi connectivity index (χ0n) is 11.9. The van der Waals surface area contributed by atoms with Crippen LogP contribution < -0.4 is 5.32 Å². The monoisotopic (exact) mass is 315 g/mol. The van der Waals surface area contributed by atoms with E-state index in [1.807, 2.05) is 19.2 Å². The predicted molar refractivity (Wildman–Crippen MR) is 84.0 cm³/mol. The quantitative estimate of drug-likeness (QED) is 0.805. The topological polar surface area (TPSA) is 64.7 Å². The van der Waals surface area contributed by atoms with E-state index in [2.05, 4.69) is 15.5 Å². The number of anilines is 1. The van der Waals surface area contributed by atoms with Crippen molar-refractivity contribution in [2.24, 2.45) is 0 Å². The SMILES string of the molecule is Cc1c(Cl)cccc1NC(=O)c1ccn(Cn2cccn2)n1. The van der Waals surface area contributed by atoms with Crippen molar-refractivity contribution in [1.82, 2.24) is 19.6 Å². The van der Waals surface area contributed by atoms with Gasteiger partial charge in [0.15, 0.2) is 5.69 Å². The summed E-state index contributed by atoms with van der Waals surface area (Å²) < 4.78 is 3.36. The molecule has 1 aromatic carbocycles. The lowest BCUT2D eigenvalue weighted by Gasteiger charge is -2.08. The normalized spacial score (nSPS) is 10.6. The second kappa shape index (κ2) is 6.03. The lowest BCUT2D eigenvalue weighted by atomic mass is 10.2.